The highest BCUT2D eigenvalue weighted by Gasteiger charge is 2.17. The van der Waals surface area contributed by atoms with Gasteiger partial charge in [-0.3, -0.25) is 0 Å². The number of nitrogens with one attached hydrogen (secondary N) is 2. The molecule has 2 amide bonds. The summed E-state index contributed by atoms with van der Waals surface area (Å²) in [6, 6.07) is 6.50. The fraction of sp³-hybridized carbons (Fsp3) is 0.562. The van der Waals surface area contributed by atoms with Crippen molar-refractivity contribution in [3.8, 4) is 5.75 Å². The minimum Gasteiger partial charge on any atom is -0.493 e. The third-order valence-corrected chi connectivity index (χ3v) is 4.12. The predicted octanol–water partition coefficient (Wildman–Crippen LogP) is 2.75. The molecule has 1 aromatic rings. The second-order valence-corrected chi connectivity index (χ2v) is 5.70. The molecule has 1 heterocycles. The number of carbonyl (C=O) groups is 1. The number of urea groups is 1. The van der Waals surface area contributed by atoms with Crippen LogP contribution in [0.1, 0.15) is 43.2 Å². The van der Waals surface area contributed by atoms with Gasteiger partial charge in [0, 0.05) is 12.6 Å². The number of carbonyl (C=O) groups excluding carboxylic acids is 1. The van der Waals surface area contributed by atoms with Crippen molar-refractivity contribution in [1.82, 2.24) is 10.6 Å². The van der Waals surface area contributed by atoms with E-state index in [0.717, 1.165) is 43.6 Å². The van der Waals surface area contributed by atoms with Crippen molar-refractivity contribution >= 4 is 6.03 Å². The van der Waals surface area contributed by atoms with Crippen LogP contribution in [0.15, 0.2) is 18.2 Å². The molecule has 4 heteroatoms. The van der Waals surface area contributed by atoms with E-state index in [4.69, 9.17) is 4.74 Å². The van der Waals surface area contributed by atoms with Crippen molar-refractivity contribution in [2.45, 2.75) is 51.1 Å². The molecule has 1 aliphatic heterocycles. The molecular weight excluding hydrogens is 252 g/mol. The number of aryl methyl sites for hydroxylation is 1. The van der Waals surface area contributed by atoms with E-state index in [1.54, 1.807) is 0 Å². The summed E-state index contributed by atoms with van der Waals surface area (Å²) >= 11 is 0. The molecule has 2 aliphatic rings. The lowest BCUT2D eigenvalue weighted by atomic mass is 10.0. The molecule has 4 nitrogen and oxygen atoms in total. The van der Waals surface area contributed by atoms with Crippen LogP contribution in [0, 0.1) is 0 Å². The van der Waals surface area contributed by atoms with E-state index in [9.17, 15) is 4.79 Å². The molecule has 0 saturated heterocycles. The fourth-order valence-corrected chi connectivity index (χ4v) is 3.01. The van der Waals surface area contributed by atoms with Crippen LogP contribution in [0.5, 0.6) is 5.75 Å². The van der Waals surface area contributed by atoms with Crippen molar-refractivity contribution in [2.24, 2.45) is 0 Å². The Hall–Kier alpha value is -1.71. The molecule has 0 radical (unpaired) electrons. The Kier molecular flexibility index (Phi) is 4.09. The molecule has 1 aliphatic carbocycles. The first kappa shape index (κ1) is 13.3. The SMILES string of the molecule is O=C(NCc1ccc2c(c1)CCCO2)NC1CCCC1. The zero-order valence-corrected chi connectivity index (χ0v) is 11.8. The van der Waals surface area contributed by atoms with Crippen LogP contribution in [0.25, 0.3) is 0 Å². The highest BCUT2D eigenvalue weighted by Crippen LogP contribution is 2.25. The van der Waals surface area contributed by atoms with Crippen molar-refractivity contribution in [1.29, 1.82) is 0 Å². The second kappa shape index (κ2) is 6.16. The number of rotatable bonds is 3. The Morgan fingerprint density at radius 1 is 1.25 bits per heavy atom. The monoisotopic (exact) mass is 274 g/mol. The first-order chi connectivity index (χ1) is 9.81. The highest BCUT2D eigenvalue weighted by atomic mass is 16.5. The Morgan fingerprint density at radius 3 is 2.95 bits per heavy atom. The summed E-state index contributed by atoms with van der Waals surface area (Å²) in [6.45, 7) is 1.39. The zero-order chi connectivity index (χ0) is 13.8. The van der Waals surface area contributed by atoms with Crippen LogP contribution in [0.3, 0.4) is 0 Å². The maximum absolute atomic E-state index is 11.8. The summed E-state index contributed by atoms with van der Waals surface area (Å²) in [7, 11) is 0. The van der Waals surface area contributed by atoms with Gasteiger partial charge in [-0.1, -0.05) is 25.0 Å². The van der Waals surface area contributed by atoms with E-state index in [1.165, 1.54) is 18.4 Å². The number of fused-ring (bicyclic) bond motifs is 1. The zero-order valence-electron chi connectivity index (χ0n) is 11.8. The van der Waals surface area contributed by atoms with Crippen LogP contribution in [0.4, 0.5) is 4.79 Å². The molecule has 1 fully saturated rings. The third-order valence-electron chi connectivity index (χ3n) is 4.12. The quantitative estimate of drug-likeness (QED) is 0.890. The Morgan fingerprint density at radius 2 is 2.10 bits per heavy atom. The van der Waals surface area contributed by atoms with Crippen molar-refractivity contribution in [3.63, 3.8) is 0 Å². The molecule has 1 aromatic carbocycles. The van der Waals surface area contributed by atoms with Crippen LogP contribution in [-0.2, 0) is 13.0 Å². The largest absolute Gasteiger partial charge is 0.493 e. The molecule has 0 bridgehead atoms. The third kappa shape index (κ3) is 3.24. The van der Waals surface area contributed by atoms with Gasteiger partial charge in [0.1, 0.15) is 5.75 Å². The summed E-state index contributed by atoms with van der Waals surface area (Å²) in [5.41, 5.74) is 2.39. The average molecular weight is 274 g/mol. The van der Waals surface area contributed by atoms with Gasteiger partial charge in [0.2, 0.25) is 0 Å². The van der Waals surface area contributed by atoms with E-state index < -0.39 is 0 Å². The first-order valence-electron chi connectivity index (χ1n) is 7.60. The van der Waals surface area contributed by atoms with E-state index in [-0.39, 0.29) is 6.03 Å². The maximum atomic E-state index is 11.8. The lowest BCUT2D eigenvalue weighted by molar-refractivity contribution is 0.236. The minimum absolute atomic E-state index is 0.0501. The predicted molar refractivity (Wildman–Crippen MR) is 77.9 cm³/mol. The Labute approximate surface area is 119 Å². The van der Waals surface area contributed by atoms with Crippen LogP contribution < -0.4 is 15.4 Å². The lowest BCUT2D eigenvalue weighted by Gasteiger charge is -2.18. The first-order valence-corrected chi connectivity index (χ1v) is 7.60. The maximum Gasteiger partial charge on any atom is 0.315 e. The van der Waals surface area contributed by atoms with Gasteiger partial charge in [0.05, 0.1) is 6.61 Å². The molecule has 2 N–H and O–H groups in total. The van der Waals surface area contributed by atoms with Gasteiger partial charge in [0.15, 0.2) is 0 Å². The van der Waals surface area contributed by atoms with Crippen LogP contribution in [-0.4, -0.2) is 18.7 Å². The second-order valence-electron chi connectivity index (χ2n) is 5.70. The summed E-state index contributed by atoms with van der Waals surface area (Å²) in [5.74, 6) is 0.996. The van der Waals surface area contributed by atoms with Gasteiger partial charge in [-0.2, -0.15) is 0 Å². The molecule has 0 atom stereocenters. The number of benzene rings is 1. The van der Waals surface area contributed by atoms with E-state index in [1.807, 2.05) is 12.1 Å². The van der Waals surface area contributed by atoms with E-state index in [0.29, 0.717) is 12.6 Å². The van der Waals surface area contributed by atoms with Gasteiger partial charge >= 0.3 is 6.03 Å². The Balaban J connectivity index is 1.51. The summed E-state index contributed by atoms with van der Waals surface area (Å²) in [4.78, 5) is 11.8. The van der Waals surface area contributed by atoms with Gasteiger partial charge in [-0.25, -0.2) is 4.79 Å². The normalized spacial score (nSPS) is 18.2. The molecule has 20 heavy (non-hydrogen) atoms. The van der Waals surface area contributed by atoms with Crippen molar-refractivity contribution < 1.29 is 9.53 Å². The standard InChI is InChI=1S/C16H22N2O2/c19-16(18-14-5-1-2-6-14)17-11-12-7-8-15-13(10-12)4-3-9-20-15/h7-8,10,14H,1-6,9,11H2,(H2,17,18,19). The summed E-state index contributed by atoms with van der Waals surface area (Å²) in [6.07, 6.45) is 6.84. The number of ether oxygens (including phenoxy) is 1. The molecule has 0 unspecified atom stereocenters. The Bertz CT molecular complexity index is 481. The minimum atomic E-state index is -0.0501. The van der Waals surface area contributed by atoms with Crippen LogP contribution in [0.2, 0.25) is 0 Å². The van der Waals surface area contributed by atoms with Gasteiger partial charge in [0.25, 0.3) is 0 Å². The van der Waals surface area contributed by atoms with Gasteiger partial charge in [-0.05, 0) is 42.9 Å². The number of hydrogen-bond acceptors (Lipinski definition) is 2. The highest BCUT2D eigenvalue weighted by molar-refractivity contribution is 5.74. The van der Waals surface area contributed by atoms with Crippen molar-refractivity contribution in [2.75, 3.05) is 6.61 Å². The van der Waals surface area contributed by atoms with Gasteiger partial charge in [-0.15, -0.1) is 0 Å². The molecule has 0 aromatic heterocycles. The van der Waals surface area contributed by atoms with Crippen molar-refractivity contribution in [3.05, 3.63) is 29.3 Å². The summed E-state index contributed by atoms with van der Waals surface area (Å²) in [5, 5.41) is 5.98. The number of amides is 2. The average Bonchev–Trinajstić information content (AvgIpc) is 2.98. The smallest absolute Gasteiger partial charge is 0.315 e. The van der Waals surface area contributed by atoms with Crippen LogP contribution >= 0.6 is 0 Å². The molecule has 0 spiro atoms. The fourth-order valence-electron chi connectivity index (χ4n) is 3.01. The number of hydrogen-bond donors (Lipinski definition) is 2. The van der Waals surface area contributed by atoms with Gasteiger partial charge < -0.3 is 15.4 Å². The lowest BCUT2D eigenvalue weighted by Crippen LogP contribution is -2.40. The van der Waals surface area contributed by atoms with E-state index >= 15 is 0 Å². The van der Waals surface area contributed by atoms with E-state index in [2.05, 4.69) is 16.7 Å². The molecule has 3 rings (SSSR count). The molecule has 108 valence electrons. The molecule has 1 saturated carbocycles. The molecular formula is C16H22N2O2. The summed E-state index contributed by atoms with van der Waals surface area (Å²) < 4.78 is 5.59. The topological polar surface area (TPSA) is 50.4 Å².